The third-order valence-electron chi connectivity index (χ3n) is 3.68. The van der Waals surface area contributed by atoms with Crippen LogP contribution in [0, 0.1) is 5.92 Å². The van der Waals surface area contributed by atoms with Crippen LogP contribution in [0.25, 0.3) is 0 Å². The molecule has 0 aliphatic carbocycles. The molecule has 2 nitrogen and oxygen atoms in total. The van der Waals surface area contributed by atoms with Crippen LogP contribution in [0.5, 0.6) is 0 Å². The molecule has 2 unspecified atom stereocenters. The number of hydrogen-bond acceptors (Lipinski definition) is 1. The SMILES string of the molecule is CCC(C)C(CC)(C(=O)O)c1ccccc1. The van der Waals surface area contributed by atoms with Crippen molar-refractivity contribution < 1.29 is 9.90 Å². The van der Waals surface area contributed by atoms with E-state index in [2.05, 4.69) is 0 Å². The third-order valence-corrected chi connectivity index (χ3v) is 3.68. The number of carbonyl (C=O) groups is 1. The molecular weight excluding hydrogens is 200 g/mol. The van der Waals surface area contributed by atoms with Gasteiger partial charge in [-0.05, 0) is 17.9 Å². The summed E-state index contributed by atoms with van der Waals surface area (Å²) in [5.41, 5.74) is 0.176. The molecule has 0 aliphatic heterocycles. The van der Waals surface area contributed by atoms with E-state index in [1.807, 2.05) is 51.1 Å². The summed E-state index contributed by atoms with van der Waals surface area (Å²) < 4.78 is 0. The van der Waals surface area contributed by atoms with E-state index in [-0.39, 0.29) is 5.92 Å². The quantitative estimate of drug-likeness (QED) is 0.825. The molecule has 0 aliphatic rings. The van der Waals surface area contributed by atoms with Crippen molar-refractivity contribution in [3.63, 3.8) is 0 Å². The zero-order valence-electron chi connectivity index (χ0n) is 10.2. The van der Waals surface area contributed by atoms with Gasteiger partial charge >= 0.3 is 5.97 Å². The van der Waals surface area contributed by atoms with E-state index in [9.17, 15) is 9.90 Å². The summed E-state index contributed by atoms with van der Waals surface area (Å²) in [6, 6.07) is 9.58. The van der Waals surface area contributed by atoms with Crippen molar-refractivity contribution in [2.24, 2.45) is 5.92 Å². The number of carboxylic acid groups (broad SMARTS) is 1. The molecule has 0 radical (unpaired) electrons. The Morgan fingerprint density at radius 1 is 1.31 bits per heavy atom. The fraction of sp³-hybridized carbons (Fsp3) is 0.500. The Hall–Kier alpha value is -1.31. The molecule has 0 bridgehead atoms. The molecule has 1 N–H and O–H groups in total. The molecule has 1 aromatic rings. The fourth-order valence-corrected chi connectivity index (χ4v) is 2.41. The van der Waals surface area contributed by atoms with Gasteiger partial charge in [0, 0.05) is 0 Å². The highest BCUT2D eigenvalue weighted by Crippen LogP contribution is 2.37. The zero-order valence-corrected chi connectivity index (χ0v) is 10.2. The van der Waals surface area contributed by atoms with E-state index in [1.54, 1.807) is 0 Å². The van der Waals surface area contributed by atoms with Crippen molar-refractivity contribution in [3.8, 4) is 0 Å². The van der Waals surface area contributed by atoms with Crippen molar-refractivity contribution in [3.05, 3.63) is 35.9 Å². The van der Waals surface area contributed by atoms with Crippen LogP contribution in [0.2, 0.25) is 0 Å². The van der Waals surface area contributed by atoms with Gasteiger partial charge in [0.25, 0.3) is 0 Å². The van der Waals surface area contributed by atoms with Gasteiger partial charge in [0.2, 0.25) is 0 Å². The molecule has 1 aromatic carbocycles. The topological polar surface area (TPSA) is 37.3 Å². The maximum atomic E-state index is 11.7. The third kappa shape index (κ3) is 1.97. The fourth-order valence-electron chi connectivity index (χ4n) is 2.41. The summed E-state index contributed by atoms with van der Waals surface area (Å²) >= 11 is 0. The van der Waals surface area contributed by atoms with Gasteiger partial charge in [0.15, 0.2) is 0 Å². The number of benzene rings is 1. The lowest BCUT2D eigenvalue weighted by Crippen LogP contribution is -2.41. The van der Waals surface area contributed by atoms with Crippen molar-refractivity contribution >= 4 is 5.97 Å². The summed E-state index contributed by atoms with van der Waals surface area (Å²) in [4.78, 5) is 11.7. The van der Waals surface area contributed by atoms with Crippen molar-refractivity contribution in [2.45, 2.75) is 39.0 Å². The highest BCUT2D eigenvalue weighted by atomic mass is 16.4. The minimum absolute atomic E-state index is 0.136. The van der Waals surface area contributed by atoms with Crippen LogP contribution >= 0.6 is 0 Å². The van der Waals surface area contributed by atoms with Gasteiger partial charge in [-0.2, -0.15) is 0 Å². The zero-order chi connectivity index (χ0) is 12.2. The molecule has 0 aromatic heterocycles. The molecule has 0 saturated carbocycles. The standard InChI is InChI=1S/C14H20O2/c1-4-11(3)14(5-2,13(15)16)12-9-7-6-8-10-12/h6-11H,4-5H2,1-3H3,(H,15,16). The first-order chi connectivity index (χ1) is 7.59. The minimum Gasteiger partial charge on any atom is -0.481 e. The van der Waals surface area contributed by atoms with Crippen molar-refractivity contribution in [2.75, 3.05) is 0 Å². The number of hydrogen-bond donors (Lipinski definition) is 1. The molecule has 88 valence electrons. The Balaban J connectivity index is 3.29. The molecule has 2 heteroatoms. The lowest BCUT2D eigenvalue weighted by Gasteiger charge is -2.34. The molecule has 16 heavy (non-hydrogen) atoms. The van der Waals surface area contributed by atoms with E-state index in [1.165, 1.54) is 0 Å². The van der Waals surface area contributed by atoms with Crippen LogP contribution in [0.4, 0.5) is 0 Å². The Morgan fingerprint density at radius 2 is 1.88 bits per heavy atom. The van der Waals surface area contributed by atoms with Gasteiger partial charge in [-0.3, -0.25) is 4.79 Å². The highest BCUT2D eigenvalue weighted by Gasteiger charge is 2.42. The summed E-state index contributed by atoms with van der Waals surface area (Å²) in [7, 11) is 0. The summed E-state index contributed by atoms with van der Waals surface area (Å²) in [5, 5.41) is 9.58. The van der Waals surface area contributed by atoms with E-state index in [4.69, 9.17) is 0 Å². The Morgan fingerprint density at radius 3 is 2.25 bits per heavy atom. The van der Waals surface area contributed by atoms with E-state index < -0.39 is 11.4 Å². The van der Waals surface area contributed by atoms with Crippen LogP contribution in [0.1, 0.15) is 39.2 Å². The number of aliphatic carboxylic acids is 1. The first-order valence-corrected chi connectivity index (χ1v) is 5.88. The predicted molar refractivity (Wildman–Crippen MR) is 65.5 cm³/mol. The molecule has 0 heterocycles. The van der Waals surface area contributed by atoms with E-state index in [0.29, 0.717) is 6.42 Å². The maximum absolute atomic E-state index is 11.7. The Bertz CT molecular complexity index is 345. The van der Waals surface area contributed by atoms with E-state index >= 15 is 0 Å². The smallest absolute Gasteiger partial charge is 0.314 e. The van der Waals surface area contributed by atoms with E-state index in [0.717, 1.165) is 12.0 Å². The summed E-state index contributed by atoms with van der Waals surface area (Å²) in [6.45, 7) is 6.01. The van der Waals surface area contributed by atoms with Gasteiger partial charge in [-0.15, -0.1) is 0 Å². The van der Waals surface area contributed by atoms with Crippen LogP contribution in [0.3, 0.4) is 0 Å². The largest absolute Gasteiger partial charge is 0.481 e. The van der Waals surface area contributed by atoms with Crippen LogP contribution in [0.15, 0.2) is 30.3 Å². The van der Waals surface area contributed by atoms with Crippen LogP contribution < -0.4 is 0 Å². The minimum atomic E-state index is -0.740. The average molecular weight is 220 g/mol. The molecule has 2 atom stereocenters. The second-order valence-electron chi connectivity index (χ2n) is 4.31. The number of rotatable bonds is 5. The molecule has 0 fully saturated rings. The summed E-state index contributed by atoms with van der Waals surface area (Å²) in [5.74, 6) is -0.576. The molecular formula is C14H20O2. The van der Waals surface area contributed by atoms with Crippen molar-refractivity contribution in [1.29, 1.82) is 0 Å². The lowest BCUT2D eigenvalue weighted by molar-refractivity contribution is -0.146. The molecule has 0 amide bonds. The molecule has 0 saturated heterocycles. The second-order valence-corrected chi connectivity index (χ2v) is 4.31. The second kappa shape index (κ2) is 5.15. The summed E-state index contributed by atoms with van der Waals surface area (Å²) in [6.07, 6.45) is 1.50. The predicted octanol–water partition coefficient (Wildman–Crippen LogP) is 3.47. The van der Waals surface area contributed by atoms with Gasteiger partial charge < -0.3 is 5.11 Å². The monoisotopic (exact) mass is 220 g/mol. The molecule has 0 spiro atoms. The van der Waals surface area contributed by atoms with Gasteiger partial charge in [0.1, 0.15) is 0 Å². The molecule has 1 rings (SSSR count). The first-order valence-electron chi connectivity index (χ1n) is 5.88. The normalized spacial score (nSPS) is 16.4. The van der Waals surface area contributed by atoms with Crippen LogP contribution in [-0.4, -0.2) is 11.1 Å². The maximum Gasteiger partial charge on any atom is 0.314 e. The highest BCUT2D eigenvalue weighted by molar-refractivity contribution is 5.81. The number of carboxylic acids is 1. The Labute approximate surface area is 97.3 Å². The Kier molecular flexibility index (Phi) is 4.11. The van der Waals surface area contributed by atoms with Gasteiger partial charge in [0.05, 0.1) is 5.41 Å². The van der Waals surface area contributed by atoms with Gasteiger partial charge in [-0.1, -0.05) is 57.5 Å². The first kappa shape index (κ1) is 12.8. The average Bonchev–Trinajstić information content (AvgIpc) is 2.31. The van der Waals surface area contributed by atoms with Crippen LogP contribution in [-0.2, 0) is 10.2 Å². The van der Waals surface area contributed by atoms with Gasteiger partial charge in [-0.25, -0.2) is 0 Å². The van der Waals surface area contributed by atoms with Crippen molar-refractivity contribution in [1.82, 2.24) is 0 Å². The lowest BCUT2D eigenvalue weighted by atomic mass is 9.68.